The minimum Gasteiger partial charge on any atom is -0.381 e. The van der Waals surface area contributed by atoms with Crippen molar-refractivity contribution in [3.05, 3.63) is 0 Å². The molecule has 10 heavy (non-hydrogen) atoms. The van der Waals surface area contributed by atoms with Crippen LogP contribution in [0.2, 0.25) is 0 Å². The van der Waals surface area contributed by atoms with Crippen molar-refractivity contribution in [1.82, 2.24) is 0 Å². The third kappa shape index (κ3) is 1.48. The Bertz CT molecular complexity index is 136. The molecule has 1 amide bonds. The monoisotopic (exact) mass is 143 g/mol. The molecule has 1 saturated heterocycles. The summed E-state index contributed by atoms with van der Waals surface area (Å²) in [6.07, 6.45) is 0.788. The molecule has 58 valence electrons. The van der Waals surface area contributed by atoms with Crippen LogP contribution in [-0.2, 0) is 9.53 Å². The minimum atomic E-state index is -0.184. The number of hydrogen-bond donors (Lipinski definition) is 1. The molecular formula is C7H13NO2. The van der Waals surface area contributed by atoms with Crippen LogP contribution < -0.4 is 5.73 Å². The molecule has 0 aromatic rings. The fraction of sp³-hybridized carbons (Fsp3) is 0.857. The normalized spacial score (nSPS) is 33.7. The lowest BCUT2D eigenvalue weighted by Gasteiger charge is -2.25. The van der Waals surface area contributed by atoms with E-state index in [2.05, 4.69) is 0 Å². The van der Waals surface area contributed by atoms with Crippen molar-refractivity contribution in [3.8, 4) is 0 Å². The number of rotatable bonds is 1. The number of hydrogen-bond acceptors (Lipinski definition) is 2. The lowest BCUT2D eigenvalue weighted by atomic mass is 9.89. The Kier molecular flexibility index (Phi) is 2.27. The summed E-state index contributed by atoms with van der Waals surface area (Å²) in [4.78, 5) is 10.7. The van der Waals surface area contributed by atoms with E-state index in [0.717, 1.165) is 6.42 Å². The first-order valence-corrected chi connectivity index (χ1v) is 3.59. The third-order valence-corrected chi connectivity index (χ3v) is 2.01. The highest BCUT2D eigenvalue weighted by Gasteiger charge is 2.25. The zero-order valence-corrected chi connectivity index (χ0v) is 6.17. The van der Waals surface area contributed by atoms with Crippen molar-refractivity contribution in [2.24, 2.45) is 17.6 Å². The molecule has 3 heteroatoms. The van der Waals surface area contributed by atoms with Gasteiger partial charge < -0.3 is 10.5 Å². The molecule has 1 aliphatic heterocycles. The first kappa shape index (κ1) is 7.54. The lowest BCUT2D eigenvalue weighted by Crippen LogP contribution is -2.35. The molecule has 1 aliphatic rings. The van der Waals surface area contributed by atoms with Crippen LogP contribution in [0.3, 0.4) is 0 Å². The van der Waals surface area contributed by atoms with E-state index in [1.54, 1.807) is 0 Å². The van der Waals surface area contributed by atoms with Crippen LogP contribution in [0.5, 0.6) is 0 Å². The topological polar surface area (TPSA) is 52.3 Å². The second-order valence-corrected chi connectivity index (χ2v) is 2.85. The predicted octanol–water partition coefficient (Wildman–Crippen LogP) is 0.144. The highest BCUT2D eigenvalue weighted by Crippen LogP contribution is 2.20. The van der Waals surface area contributed by atoms with E-state index in [4.69, 9.17) is 10.5 Å². The van der Waals surface area contributed by atoms with E-state index in [0.29, 0.717) is 19.1 Å². The minimum absolute atomic E-state index is 0.0359. The number of primary amides is 1. The molecule has 1 rings (SSSR count). The quantitative estimate of drug-likeness (QED) is 0.567. The highest BCUT2D eigenvalue weighted by atomic mass is 16.5. The van der Waals surface area contributed by atoms with Crippen molar-refractivity contribution in [2.45, 2.75) is 13.3 Å². The van der Waals surface area contributed by atoms with E-state index >= 15 is 0 Å². The fourth-order valence-electron chi connectivity index (χ4n) is 1.30. The maximum Gasteiger partial charge on any atom is 0.220 e. The van der Waals surface area contributed by atoms with Gasteiger partial charge in [-0.05, 0) is 12.3 Å². The number of amides is 1. The summed E-state index contributed by atoms with van der Waals surface area (Å²) in [5.41, 5.74) is 5.16. The van der Waals surface area contributed by atoms with Gasteiger partial charge >= 0.3 is 0 Å². The smallest absolute Gasteiger partial charge is 0.220 e. The van der Waals surface area contributed by atoms with Crippen molar-refractivity contribution >= 4 is 5.91 Å². The van der Waals surface area contributed by atoms with Gasteiger partial charge in [0.2, 0.25) is 5.91 Å². The molecule has 0 aliphatic carbocycles. The molecular weight excluding hydrogens is 130 g/mol. The number of nitrogens with two attached hydrogens (primary N) is 1. The Morgan fingerprint density at radius 3 is 2.80 bits per heavy atom. The molecule has 0 spiro atoms. The van der Waals surface area contributed by atoms with Gasteiger partial charge in [-0.25, -0.2) is 0 Å². The Labute approximate surface area is 60.5 Å². The van der Waals surface area contributed by atoms with Crippen LogP contribution in [0.4, 0.5) is 0 Å². The van der Waals surface area contributed by atoms with E-state index < -0.39 is 0 Å². The molecule has 0 radical (unpaired) electrons. The van der Waals surface area contributed by atoms with Crippen molar-refractivity contribution in [3.63, 3.8) is 0 Å². The number of ether oxygens (including phenoxy) is 1. The Balaban J connectivity index is 2.47. The van der Waals surface area contributed by atoms with Gasteiger partial charge in [-0.15, -0.1) is 0 Å². The zero-order valence-electron chi connectivity index (χ0n) is 6.17. The summed E-state index contributed by atoms with van der Waals surface area (Å²) in [6.45, 7) is 3.35. The summed E-state index contributed by atoms with van der Waals surface area (Å²) < 4.78 is 5.15. The van der Waals surface area contributed by atoms with E-state index in [1.807, 2.05) is 6.92 Å². The Morgan fingerprint density at radius 1 is 1.70 bits per heavy atom. The van der Waals surface area contributed by atoms with Gasteiger partial charge in [-0.2, -0.15) is 0 Å². The van der Waals surface area contributed by atoms with Crippen LogP contribution >= 0.6 is 0 Å². The second kappa shape index (κ2) is 3.01. The number of carbonyl (C=O) groups is 1. The first-order valence-electron chi connectivity index (χ1n) is 3.59. The van der Waals surface area contributed by atoms with Gasteiger partial charge in [0.05, 0.1) is 0 Å². The Hall–Kier alpha value is -0.570. The summed E-state index contributed by atoms with van der Waals surface area (Å²) in [5.74, 6) is 0.149. The van der Waals surface area contributed by atoms with Crippen LogP contribution in [-0.4, -0.2) is 19.1 Å². The largest absolute Gasteiger partial charge is 0.381 e. The average molecular weight is 143 g/mol. The van der Waals surface area contributed by atoms with Gasteiger partial charge in [0.25, 0.3) is 0 Å². The van der Waals surface area contributed by atoms with E-state index in [1.165, 1.54) is 0 Å². The molecule has 3 nitrogen and oxygen atoms in total. The van der Waals surface area contributed by atoms with Crippen molar-refractivity contribution in [2.75, 3.05) is 13.2 Å². The number of carbonyl (C=O) groups excluding carboxylic acids is 1. The molecule has 2 atom stereocenters. The standard InChI is InChI=1S/C7H13NO2/c1-5-4-10-3-2-6(5)7(8)9/h5-6H,2-4H2,1H3,(H2,8,9). The molecule has 0 bridgehead atoms. The van der Waals surface area contributed by atoms with E-state index in [9.17, 15) is 4.79 Å². The average Bonchev–Trinajstić information content (AvgIpc) is 1.88. The molecule has 2 unspecified atom stereocenters. The summed E-state index contributed by atoms with van der Waals surface area (Å²) in [7, 11) is 0. The SMILES string of the molecule is CC1COCCC1C(N)=O. The van der Waals surface area contributed by atoms with Gasteiger partial charge in [-0.1, -0.05) is 6.92 Å². The molecule has 0 aromatic carbocycles. The molecule has 0 saturated carbocycles. The Morgan fingerprint density at radius 2 is 2.40 bits per heavy atom. The van der Waals surface area contributed by atoms with Crippen LogP contribution in [0.15, 0.2) is 0 Å². The second-order valence-electron chi connectivity index (χ2n) is 2.85. The maximum absolute atomic E-state index is 10.7. The molecule has 1 fully saturated rings. The van der Waals surface area contributed by atoms with Crippen LogP contribution in [0, 0.1) is 11.8 Å². The van der Waals surface area contributed by atoms with Gasteiger partial charge in [0, 0.05) is 19.1 Å². The molecule has 0 aromatic heterocycles. The summed E-state index contributed by atoms with van der Waals surface area (Å²) in [6, 6.07) is 0. The van der Waals surface area contributed by atoms with Crippen LogP contribution in [0.1, 0.15) is 13.3 Å². The van der Waals surface area contributed by atoms with Crippen molar-refractivity contribution in [1.29, 1.82) is 0 Å². The zero-order chi connectivity index (χ0) is 7.56. The van der Waals surface area contributed by atoms with Crippen molar-refractivity contribution < 1.29 is 9.53 Å². The van der Waals surface area contributed by atoms with Gasteiger partial charge in [-0.3, -0.25) is 4.79 Å². The van der Waals surface area contributed by atoms with E-state index in [-0.39, 0.29) is 11.8 Å². The lowest BCUT2D eigenvalue weighted by molar-refractivity contribution is -0.127. The third-order valence-electron chi connectivity index (χ3n) is 2.01. The maximum atomic E-state index is 10.7. The fourth-order valence-corrected chi connectivity index (χ4v) is 1.30. The first-order chi connectivity index (χ1) is 4.72. The molecule has 2 N–H and O–H groups in total. The predicted molar refractivity (Wildman–Crippen MR) is 37.3 cm³/mol. The van der Waals surface area contributed by atoms with Gasteiger partial charge in [0.1, 0.15) is 0 Å². The molecule has 1 heterocycles. The summed E-state index contributed by atoms with van der Waals surface area (Å²) in [5, 5.41) is 0. The van der Waals surface area contributed by atoms with Gasteiger partial charge in [0.15, 0.2) is 0 Å². The van der Waals surface area contributed by atoms with Crippen LogP contribution in [0.25, 0.3) is 0 Å². The highest BCUT2D eigenvalue weighted by molar-refractivity contribution is 5.76. The summed E-state index contributed by atoms with van der Waals surface area (Å²) >= 11 is 0.